The van der Waals surface area contributed by atoms with Crippen molar-refractivity contribution < 1.29 is 4.39 Å². The van der Waals surface area contributed by atoms with Crippen LogP contribution >= 0.6 is 11.8 Å². The topological polar surface area (TPSA) is 17.8 Å². The number of thioether (sulfide) groups is 1. The minimum Gasteiger partial charge on any atom is -0.322 e. The van der Waals surface area contributed by atoms with Gasteiger partial charge in [0.15, 0.2) is 5.16 Å². The molecule has 0 unspecified atom stereocenters. The van der Waals surface area contributed by atoms with E-state index in [1.807, 2.05) is 13.8 Å². The van der Waals surface area contributed by atoms with Crippen LogP contribution in [0.15, 0.2) is 29.4 Å². The molecule has 2 heterocycles. The van der Waals surface area contributed by atoms with Gasteiger partial charge in [-0.25, -0.2) is 9.37 Å². The van der Waals surface area contributed by atoms with Gasteiger partial charge in [0.25, 0.3) is 0 Å². The van der Waals surface area contributed by atoms with E-state index in [1.165, 1.54) is 17.8 Å². The minimum absolute atomic E-state index is 0.206. The van der Waals surface area contributed by atoms with Crippen LogP contribution in [-0.2, 0) is 6.54 Å². The Morgan fingerprint density at radius 2 is 1.89 bits per heavy atom. The van der Waals surface area contributed by atoms with Crippen molar-refractivity contribution in [3.63, 3.8) is 0 Å². The summed E-state index contributed by atoms with van der Waals surface area (Å²) < 4.78 is 15.1. The lowest BCUT2D eigenvalue weighted by Gasteiger charge is -2.01. The highest BCUT2D eigenvalue weighted by Gasteiger charge is 2.19. The Morgan fingerprint density at radius 1 is 1.22 bits per heavy atom. The van der Waals surface area contributed by atoms with Crippen LogP contribution in [0.25, 0.3) is 11.3 Å². The van der Waals surface area contributed by atoms with E-state index in [0.29, 0.717) is 0 Å². The SMILES string of the molecule is CC.Cc1c(-c2ccc(F)cc2)nc2n1CCS2. The number of benzene rings is 1. The fourth-order valence-corrected chi connectivity index (χ4v) is 2.99. The number of hydrogen-bond acceptors (Lipinski definition) is 2. The van der Waals surface area contributed by atoms with Gasteiger partial charge in [-0.2, -0.15) is 0 Å². The fraction of sp³-hybridized carbons (Fsp3) is 0.357. The third kappa shape index (κ3) is 2.29. The van der Waals surface area contributed by atoms with Gasteiger partial charge >= 0.3 is 0 Å². The van der Waals surface area contributed by atoms with Crippen molar-refractivity contribution >= 4 is 11.8 Å². The molecule has 1 aromatic heterocycles. The fourth-order valence-electron chi connectivity index (χ4n) is 1.99. The van der Waals surface area contributed by atoms with E-state index in [1.54, 1.807) is 23.9 Å². The van der Waals surface area contributed by atoms with Crippen molar-refractivity contribution in [1.29, 1.82) is 0 Å². The Hall–Kier alpha value is -1.29. The molecule has 0 spiro atoms. The van der Waals surface area contributed by atoms with Crippen molar-refractivity contribution in [2.24, 2.45) is 0 Å². The van der Waals surface area contributed by atoms with Crippen LogP contribution in [-0.4, -0.2) is 15.3 Å². The van der Waals surface area contributed by atoms with Crippen molar-refractivity contribution in [1.82, 2.24) is 9.55 Å². The average molecular weight is 264 g/mol. The van der Waals surface area contributed by atoms with E-state index < -0.39 is 0 Å². The van der Waals surface area contributed by atoms with E-state index in [0.717, 1.165) is 28.7 Å². The highest BCUT2D eigenvalue weighted by atomic mass is 32.2. The summed E-state index contributed by atoms with van der Waals surface area (Å²) in [5, 5.41) is 1.08. The first-order chi connectivity index (χ1) is 8.75. The molecule has 0 saturated carbocycles. The normalized spacial score (nSPS) is 12.9. The van der Waals surface area contributed by atoms with Gasteiger partial charge in [0.05, 0.1) is 5.69 Å². The lowest BCUT2D eigenvalue weighted by molar-refractivity contribution is 0.628. The molecule has 1 aliphatic rings. The maximum atomic E-state index is 12.8. The van der Waals surface area contributed by atoms with E-state index in [2.05, 4.69) is 16.5 Å². The van der Waals surface area contributed by atoms with Crippen molar-refractivity contribution in [2.75, 3.05) is 5.75 Å². The smallest absolute Gasteiger partial charge is 0.168 e. The molecule has 96 valence electrons. The summed E-state index contributed by atoms with van der Waals surface area (Å²) in [5.41, 5.74) is 3.13. The van der Waals surface area contributed by atoms with Gasteiger partial charge in [-0.1, -0.05) is 25.6 Å². The quantitative estimate of drug-likeness (QED) is 0.770. The van der Waals surface area contributed by atoms with Crippen LogP contribution < -0.4 is 0 Å². The molecule has 1 aromatic carbocycles. The molecular formula is C14H17FN2S. The molecule has 0 fully saturated rings. The van der Waals surface area contributed by atoms with Gasteiger partial charge in [0.2, 0.25) is 0 Å². The van der Waals surface area contributed by atoms with Gasteiger partial charge in [-0.3, -0.25) is 0 Å². The summed E-state index contributed by atoms with van der Waals surface area (Å²) >= 11 is 1.78. The van der Waals surface area contributed by atoms with Crippen LogP contribution in [0.1, 0.15) is 19.5 Å². The Balaban J connectivity index is 0.000000574. The summed E-state index contributed by atoms with van der Waals surface area (Å²) in [6.07, 6.45) is 0. The molecule has 0 amide bonds. The van der Waals surface area contributed by atoms with E-state index in [9.17, 15) is 4.39 Å². The standard InChI is InChI=1S/C12H11FN2S.C2H6/c1-8-11(9-2-4-10(13)5-3-9)14-12-15(8)6-7-16-12;1-2/h2-5H,6-7H2,1H3;1-2H3. The number of nitrogens with zero attached hydrogens (tertiary/aromatic N) is 2. The van der Waals surface area contributed by atoms with Crippen LogP contribution in [0.4, 0.5) is 4.39 Å². The number of imidazole rings is 1. The predicted molar refractivity (Wildman–Crippen MR) is 74.4 cm³/mol. The van der Waals surface area contributed by atoms with Crippen LogP contribution in [0.5, 0.6) is 0 Å². The zero-order valence-corrected chi connectivity index (χ0v) is 11.7. The van der Waals surface area contributed by atoms with Crippen molar-refractivity contribution in [2.45, 2.75) is 32.5 Å². The Morgan fingerprint density at radius 3 is 2.50 bits per heavy atom. The highest BCUT2D eigenvalue weighted by Crippen LogP contribution is 2.32. The molecule has 0 saturated heterocycles. The molecular weight excluding hydrogens is 247 g/mol. The van der Waals surface area contributed by atoms with Crippen LogP contribution in [0, 0.1) is 12.7 Å². The third-order valence-electron chi connectivity index (χ3n) is 2.85. The Bertz CT molecular complexity index is 531. The maximum absolute atomic E-state index is 12.8. The molecule has 2 aromatic rings. The van der Waals surface area contributed by atoms with Crippen LogP contribution in [0.3, 0.4) is 0 Å². The lowest BCUT2D eigenvalue weighted by atomic mass is 10.1. The summed E-state index contributed by atoms with van der Waals surface area (Å²) in [4.78, 5) is 4.59. The largest absolute Gasteiger partial charge is 0.322 e. The van der Waals surface area contributed by atoms with E-state index in [-0.39, 0.29) is 5.82 Å². The third-order valence-corrected chi connectivity index (χ3v) is 3.81. The molecule has 18 heavy (non-hydrogen) atoms. The first-order valence-corrected chi connectivity index (χ1v) is 7.20. The number of hydrogen-bond donors (Lipinski definition) is 0. The predicted octanol–water partition coefficient (Wildman–Crippen LogP) is 4.13. The molecule has 1 aliphatic heterocycles. The van der Waals surface area contributed by atoms with Gasteiger partial charge in [0.1, 0.15) is 5.82 Å². The molecule has 0 radical (unpaired) electrons. The Kier molecular flexibility index (Phi) is 4.07. The van der Waals surface area contributed by atoms with Gasteiger partial charge in [0, 0.05) is 23.6 Å². The van der Waals surface area contributed by atoms with Crippen molar-refractivity contribution in [3.05, 3.63) is 35.8 Å². The van der Waals surface area contributed by atoms with E-state index in [4.69, 9.17) is 0 Å². The minimum atomic E-state index is -0.206. The molecule has 4 heteroatoms. The second-order valence-electron chi connectivity index (χ2n) is 3.84. The first kappa shape index (κ1) is 13.1. The summed E-state index contributed by atoms with van der Waals surface area (Å²) in [7, 11) is 0. The number of fused-ring (bicyclic) bond motifs is 1. The Labute approximate surface area is 111 Å². The average Bonchev–Trinajstić information content (AvgIpc) is 2.97. The van der Waals surface area contributed by atoms with Crippen LogP contribution in [0.2, 0.25) is 0 Å². The molecule has 3 rings (SSSR count). The molecule has 0 aliphatic carbocycles. The molecule has 0 N–H and O–H groups in total. The zero-order valence-electron chi connectivity index (χ0n) is 10.9. The summed E-state index contributed by atoms with van der Waals surface area (Å²) in [6, 6.07) is 6.52. The molecule has 0 bridgehead atoms. The second kappa shape index (κ2) is 5.57. The van der Waals surface area contributed by atoms with Gasteiger partial charge in [-0.15, -0.1) is 0 Å². The molecule has 0 atom stereocenters. The number of rotatable bonds is 1. The molecule has 2 nitrogen and oxygen atoms in total. The summed E-state index contributed by atoms with van der Waals surface area (Å²) in [5.74, 6) is 0.898. The van der Waals surface area contributed by atoms with E-state index >= 15 is 0 Å². The zero-order chi connectivity index (χ0) is 13.1. The highest BCUT2D eigenvalue weighted by molar-refractivity contribution is 7.99. The second-order valence-corrected chi connectivity index (χ2v) is 4.90. The number of halogens is 1. The lowest BCUT2D eigenvalue weighted by Crippen LogP contribution is -1.96. The maximum Gasteiger partial charge on any atom is 0.168 e. The van der Waals surface area contributed by atoms with Gasteiger partial charge < -0.3 is 4.57 Å². The van der Waals surface area contributed by atoms with Crippen molar-refractivity contribution in [3.8, 4) is 11.3 Å². The first-order valence-electron chi connectivity index (χ1n) is 6.21. The summed E-state index contributed by atoms with van der Waals surface area (Å²) in [6.45, 7) is 7.10. The van der Waals surface area contributed by atoms with Gasteiger partial charge in [-0.05, 0) is 31.2 Å². The monoisotopic (exact) mass is 264 g/mol. The number of aromatic nitrogens is 2.